The second-order valence-electron chi connectivity index (χ2n) is 5.18. The summed E-state index contributed by atoms with van der Waals surface area (Å²) in [7, 11) is 0. The van der Waals surface area contributed by atoms with Gasteiger partial charge in [-0.05, 0) is 37.1 Å². The van der Waals surface area contributed by atoms with E-state index in [1.807, 2.05) is 27.8 Å². The van der Waals surface area contributed by atoms with Crippen LogP contribution in [0.5, 0.6) is 0 Å². The van der Waals surface area contributed by atoms with Crippen molar-refractivity contribution in [2.45, 2.75) is 31.7 Å². The summed E-state index contributed by atoms with van der Waals surface area (Å²) in [4.78, 5) is 20.2. The fourth-order valence-corrected chi connectivity index (χ4v) is 4.37. The summed E-state index contributed by atoms with van der Waals surface area (Å²) in [5, 5.41) is 13.8. The predicted octanol–water partition coefficient (Wildman–Crippen LogP) is 3.25. The first-order chi connectivity index (χ1) is 10.3. The number of carbonyl (C=O) groups excluding carboxylic acids is 1. The van der Waals surface area contributed by atoms with E-state index in [1.165, 1.54) is 11.3 Å². The van der Waals surface area contributed by atoms with Crippen LogP contribution in [0, 0.1) is 0 Å². The Hall–Kier alpha value is -1.24. The van der Waals surface area contributed by atoms with Gasteiger partial charge in [-0.25, -0.2) is 4.98 Å². The van der Waals surface area contributed by atoms with Gasteiger partial charge < -0.3 is 10.0 Å². The van der Waals surface area contributed by atoms with Gasteiger partial charge in [0.05, 0.1) is 4.88 Å². The molecule has 6 heteroatoms. The molecule has 112 valence electrons. The molecule has 0 spiro atoms. The van der Waals surface area contributed by atoms with Gasteiger partial charge >= 0.3 is 0 Å². The SMILES string of the molecule is O=C(c1csc(-c2cccs2)n1)N1CCCC1CCCO. The van der Waals surface area contributed by atoms with Crippen molar-refractivity contribution in [3.63, 3.8) is 0 Å². The molecular weight excluding hydrogens is 304 g/mol. The zero-order chi connectivity index (χ0) is 14.7. The van der Waals surface area contributed by atoms with Crippen LogP contribution in [-0.4, -0.2) is 40.1 Å². The number of amides is 1. The third-order valence-corrected chi connectivity index (χ3v) is 5.67. The van der Waals surface area contributed by atoms with Gasteiger partial charge in [0.25, 0.3) is 5.91 Å². The van der Waals surface area contributed by atoms with Crippen molar-refractivity contribution in [1.82, 2.24) is 9.88 Å². The smallest absolute Gasteiger partial charge is 0.273 e. The molecule has 1 aliphatic rings. The van der Waals surface area contributed by atoms with Crippen molar-refractivity contribution in [2.24, 2.45) is 0 Å². The quantitative estimate of drug-likeness (QED) is 0.919. The first-order valence-electron chi connectivity index (χ1n) is 7.21. The zero-order valence-electron chi connectivity index (χ0n) is 11.7. The van der Waals surface area contributed by atoms with Gasteiger partial charge in [0, 0.05) is 24.6 Å². The highest BCUT2D eigenvalue weighted by Gasteiger charge is 2.30. The van der Waals surface area contributed by atoms with E-state index in [4.69, 9.17) is 5.11 Å². The van der Waals surface area contributed by atoms with Crippen LogP contribution < -0.4 is 0 Å². The van der Waals surface area contributed by atoms with Gasteiger partial charge in [-0.2, -0.15) is 0 Å². The lowest BCUT2D eigenvalue weighted by Gasteiger charge is -2.23. The number of likely N-dealkylation sites (tertiary alicyclic amines) is 1. The average Bonchev–Trinajstić information content (AvgIpc) is 3.24. The number of thiazole rings is 1. The molecule has 0 aliphatic carbocycles. The molecule has 3 heterocycles. The van der Waals surface area contributed by atoms with E-state index in [2.05, 4.69) is 4.98 Å². The summed E-state index contributed by atoms with van der Waals surface area (Å²) in [6, 6.07) is 4.28. The molecule has 0 radical (unpaired) electrons. The Morgan fingerprint density at radius 2 is 2.38 bits per heavy atom. The Bertz CT molecular complexity index is 595. The standard InChI is InChI=1S/C15H18N2O2S2/c18-8-2-5-11-4-1-7-17(11)15(19)12-10-21-14(16-12)13-6-3-9-20-13/h3,6,9-11,18H,1-2,4-5,7-8H2. The molecule has 0 bridgehead atoms. The Labute approximate surface area is 132 Å². The number of aromatic nitrogens is 1. The minimum absolute atomic E-state index is 0.0366. The van der Waals surface area contributed by atoms with Crippen LogP contribution in [0.3, 0.4) is 0 Å². The van der Waals surface area contributed by atoms with Crippen molar-refractivity contribution in [1.29, 1.82) is 0 Å². The van der Waals surface area contributed by atoms with E-state index in [9.17, 15) is 4.79 Å². The highest BCUT2D eigenvalue weighted by molar-refractivity contribution is 7.20. The van der Waals surface area contributed by atoms with Crippen molar-refractivity contribution >= 4 is 28.6 Å². The van der Waals surface area contributed by atoms with Crippen LogP contribution in [-0.2, 0) is 0 Å². The van der Waals surface area contributed by atoms with E-state index in [-0.39, 0.29) is 18.6 Å². The van der Waals surface area contributed by atoms with Crippen LogP contribution >= 0.6 is 22.7 Å². The van der Waals surface area contributed by atoms with Gasteiger partial charge in [-0.1, -0.05) is 6.07 Å². The monoisotopic (exact) mass is 322 g/mol. The van der Waals surface area contributed by atoms with Crippen molar-refractivity contribution in [2.75, 3.05) is 13.2 Å². The van der Waals surface area contributed by atoms with Gasteiger partial charge in [0.1, 0.15) is 10.7 Å². The highest BCUT2D eigenvalue weighted by Crippen LogP contribution is 2.29. The van der Waals surface area contributed by atoms with Crippen LogP contribution in [0.15, 0.2) is 22.9 Å². The summed E-state index contributed by atoms with van der Waals surface area (Å²) >= 11 is 3.17. The first kappa shape index (κ1) is 14.7. The van der Waals surface area contributed by atoms with E-state index < -0.39 is 0 Å². The first-order valence-corrected chi connectivity index (χ1v) is 8.97. The Morgan fingerprint density at radius 3 is 3.14 bits per heavy atom. The number of rotatable bonds is 5. The second-order valence-corrected chi connectivity index (χ2v) is 6.98. The summed E-state index contributed by atoms with van der Waals surface area (Å²) in [5.74, 6) is 0.0366. The summed E-state index contributed by atoms with van der Waals surface area (Å²) < 4.78 is 0. The van der Waals surface area contributed by atoms with Crippen molar-refractivity contribution in [3.05, 3.63) is 28.6 Å². The van der Waals surface area contributed by atoms with Crippen LogP contribution in [0.4, 0.5) is 0 Å². The molecule has 1 aliphatic heterocycles. The lowest BCUT2D eigenvalue weighted by Crippen LogP contribution is -2.35. The summed E-state index contributed by atoms with van der Waals surface area (Å²) in [5.41, 5.74) is 0.555. The molecule has 1 atom stereocenters. The normalized spacial score (nSPS) is 18.3. The van der Waals surface area contributed by atoms with E-state index in [0.717, 1.165) is 42.1 Å². The number of aliphatic hydroxyl groups is 1. The molecule has 0 saturated carbocycles. The second kappa shape index (κ2) is 6.68. The fraction of sp³-hybridized carbons (Fsp3) is 0.467. The molecule has 1 amide bonds. The van der Waals surface area contributed by atoms with Crippen molar-refractivity contribution in [3.8, 4) is 9.88 Å². The Morgan fingerprint density at radius 1 is 1.48 bits per heavy atom. The molecule has 1 N–H and O–H groups in total. The number of carbonyl (C=O) groups is 1. The average molecular weight is 322 g/mol. The van der Waals surface area contributed by atoms with Gasteiger partial charge in [-0.3, -0.25) is 4.79 Å². The highest BCUT2D eigenvalue weighted by atomic mass is 32.1. The van der Waals surface area contributed by atoms with Crippen molar-refractivity contribution < 1.29 is 9.90 Å². The largest absolute Gasteiger partial charge is 0.396 e. The molecule has 0 aromatic carbocycles. The fourth-order valence-electron chi connectivity index (χ4n) is 2.76. The molecule has 1 unspecified atom stereocenters. The van der Waals surface area contributed by atoms with Crippen LogP contribution in [0.2, 0.25) is 0 Å². The third-order valence-electron chi connectivity index (χ3n) is 3.79. The molecular formula is C15H18N2O2S2. The molecule has 21 heavy (non-hydrogen) atoms. The van der Waals surface area contributed by atoms with Gasteiger partial charge in [0.15, 0.2) is 0 Å². The lowest BCUT2D eigenvalue weighted by atomic mass is 10.1. The number of thiophene rings is 1. The zero-order valence-corrected chi connectivity index (χ0v) is 13.3. The van der Waals surface area contributed by atoms with Gasteiger partial charge in [-0.15, -0.1) is 22.7 Å². The topological polar surface area (TPSA) is 53.4 Å². The maximum atomic E-state index is 12.6. The van der Waals surface area contributed by atoms with E-state index in [0.29, 0.717) is 5.69 Å². The molecule has 2 aromatic rings. The molecule has 4 nitrogen and oxygen atoms in total. The minimum atomic E-state index is 0.0366. The molecule has 1 saturated heterocycles. The number of aliphatic hydroxyl groups excluding tert-OH is 1. The number of hydrogen-bond donors (Lipinski definition) is 1. The Balaban J connectivity index is 1.73. The van der Waals surface area contributed by atoms with E-state index >= 15 is 0 Å². The summed E-state index contributed by atoms with van der Waals surface area (Å²) in [6.07, 6.45) is 3.72. The van der Waals surface area contributed by atoms with E-state index in [1.54, 1.807) is 11.3 Å². The van der Waals surface area contributed by atoms with Crippen LogP contribution in [0.1, 0.15) is 36.2 Å². The molecule has 1 fully saturated rings. The Kier molecular flexibility index (Phi) is 4.67. The lowest BCUT2D eigenvalue weighted by molar-refractivity contribution is 0.0719. The summed E-state index contributed by atoms with van der Waals surface area (Å²) in [6.45, 7) is 0.999. The molecule has 3 rings (SSSR count). The maximum absolute atomic E-state index is 12.6. The van der Waals surface area contributed by atoms with Gasteiger partial charge in [0.2, 0.25) is 0 Å². The predicted molar refractivity (Wildman–Crippen MR) is 85.8 cm³/mol. The minimum Gasteiger partial charge on any atom is -0.396 e. The molecule has 2 aromatic heterocycles. The number of nitrogens with zero attached hydrogens (tertiary/aromatic N) is 2. The van der Waals surface area contributed by atoms with Crippen LogP contribution in [0.25, 0.3) is 9.88 Å². The maximum Gasteiger partial charge on any atom is 0.273 e. The third kappa shape index (κ3) is 3.17. The number of hydrogen-bond acceptors (Lipinski definition) is 5.